The van der Waals surface area contributed by atoms with Crippen molar-refractivity contribution >= 4 is 65.4 Å². The van der Waals surface area contributed by atoms with E-state index in [4.69, 9.17) is 9.97 Å². The number of para-hydroxylation sites is 4. The normalized spacial score (nSPS) is 11.8. The van der Waals surface area contributed by atoms with Crippen molar-refractivity contribution in [2.75, 3.05) is 0 Å². The Balaban J connectivity index is 0.904. The van der Waals surface area contributed by atoms with Gasteiger partial charge in [-0.05, 0) is 141 Å². The minimum atomic E-state index is 0.729. The maximum Gasteiger partial charge on any atom is 0.160 e. The molecule has 73 heavy (non-hydrogen) atoms. The van der Waals surface area contributed by atoms with E-state index in [1.54, 1.807) is 0 Å². The van der Waals surface area contributed by atoms with Crippen LogP contribution in [0, 0.1) is 27.7 Å². The number of hydrogen-bond acceptors (Lipinski definition) is 2. The Kier molecular flexibility index (Phi) is 9.70. The fourth-order valence-corrected chi connectivity index (χ4v) is 11.7. The summed E-state index contributed by atoms with van der Waals surface area (Å²) in [5.41, 5.74) is 22.6. The van der Waals surface area contributed by atoms with E-state index in [-0.39, 0.29) is 0 Å². The van der Waals surface area contributed by atoms with Gasteiger partial charge < -0.3 is 13.7 Å². The van der Waals surface area contributed by atoms with E-state index in [0.717, 1.165) is 67.6 Å². The molecule has 4 aromatic heterocycles. The first-order valence-electron chi connectivity index (χ1n) is 25.1. The molecule has 0 aliphatic heterocycles. The lowest BCUT2D eigenvalue weighted by Crippen LogP contribution is -1.99. The van der Waals surface area contributed by atoms with Gasteiger partial charge in [-0.25, -0.2) is 9.97 Å². The maximum absolute atomic E-state index is 5.25. The number of aryl methyl sites for hydroxylation is 4. The Hall–Kier alpha value is -9.32. The molecule has 0 bridgehead atoms. The molecule has 10 aromatic carbocycles. The van der Waals surface area contributed by atoms with Crippen molar-refractivity contribution in [2.24, 2.45) is 0 Å². The average molecular weight is 936 g/mol. The minimum absolute atomic E-state index is 0.729. The third kappa shape index (κ3) is 6.92. The molecule has 14 aromatic rings. The van der Waals surface area contributed by atoms with Gasteiger partial charge in [0.25, 0.3) is 0 Å². The summed E-state index contributed by atoms with van der Waals surface area (Å²) in [4.78, 5) is 10.4. The standard InChI is InChI=1S/C68H49N5/c1-42-15-13-17-47(35-42)59-41-60(70-68(69-59)48-18-14-16-43(2)36-48)67-44(3)37-49(38-45(67)4)46-27-29-50(30-28-46)71-65-33-31-51(72-61-23-9-5-19-53(61)54-20-6-10-24-62(54)72)39-57(65)58-40-52(32-34-66(58)71)73-63-25-11-7-21-55(63)56-22-8-12-26-64(56)73/h5-41H,1-4H3. The molecular weight excluding hydrogens is 887 g/mol. The van der Waals surface area contributed by atoms with Gasteiger partial charge in [0.2, 0.25) is 0 Å². The molecule has 0 N–H and O–H groups in total. The van der Waals surface area contributed by atoms with Gasteiger partial charge in [0, 0.05) is 66.1 Å². The average Bonchev–Trinajstić information content (AvgIpc) is 4.06. The molecule has 0 saturated heterocycles. The molecule has 0 aliphatic rings. The molecule has 4 heterocycles. The molecule has 0 radical (unpaired) electrons. The first-order chi connectivity index (χ1) is 35.8. The van der Waals surface area contributed by atoms with Crippen LogP contribution in [0.2, 0.25) is 0 Å². The number of fused-ring (bicyclic) bond motifs is 9. The Bertz CT molecular complexity index is 4180. The molecule has 0 unspecified atom stereocenters. The fraction of sp³-hybridized carbons (Fsp3) is 0.0588. The highest BCUT2D eigenvalue weighted by Crippen LogP contribution is 2.41. The number of rotatable bonds is 7. The Morgan fingerprint density at radius 3 is 1.18 bits per heavy atom. The van der Waals surface area contributed by atoms with E-state index in [1.165, 1.54) is 82.2 Å². The first-order valence-corrected chi connectivity index (χ1v) is 25.1. The van der Waals surface area contributed by atoms with Crippen LogP contribution >= 0.6 is 0 Å². The van der Waals surface area contributed by atoms with Crippen LogP contribution in [0.3, 0.4) is 0 Å². The highest BCUT2D eigenvalue weighted by molar-refractivity contribution is 6.14. The Morgan fingerprint density at radius 2 is 0.685 bits per heavy atom. The fourth-order valence-electron chi connectivity index (χ4n) is 11.7. The van der Waals surface area contributed by atoms with Gasteiger partial charge in [0.1, 0.15) is 0 Å². The lowest BCUT2D eigenvalue weighted by atomic mass is 9.93. The summed E-state index contributed by atoms with van der Waals surface area (Å²) in [5.74, 6) is 0.729. The minimum Gasteiger partial charge on any atom is -0.309 e. The molecule has 0 saturated carbocycles. The van der Waals surface area contributed by atoms with E-state index < -0.39 is 0 Å². The summed E-state index contributed by atoms with van der Waals surface area (Å²) in [6, 6.07) is 81.9. The van der Waals surface area contributed by atoms with Crippen molar-refractivity contribution in [3.05, 3.63) is 247 Å². The second-order valence-corrected chi connectivity index (χ2v) is 19.7. The quantitative estimate of drug-likeness (QED) is 0.160. The van der Waals surface area contributed by atoms with Gasteiger partial charge in [-0.15, -0.1) is 0 Å². The molecule has 0 fully saturated rings. The molecule has 5 nitrogen and oxygen atoms in total. The Morgan fingerprint density at radius 1 is 0.274 bits per heavy atom. The van der Waals surface area contributed by atoms with Gasteiger partial charge in [-0.3, -0.25) is 0 Å². The topological polar surface area (TPSA) is 40.6 Å². The zero-order valence-corrected chi connectivity index (χ0v) is 41.1. The van der Waals surface area contributed by atoms with Gasteiger partial charge in [0.05, 0.1) is 44.5 Å². The van der Waals surface area contributed by atoms with E-state index in [0.29, 0.717) is 0 Å². The predicted molar refractivity (Wildman–Crippen MR) is 306 cm³/mol. The second kappa shape index (κ2) is 16.6. The largest absolute Gasteiger partial charge is 0.309 e. The van der Waals surface area contributed by atoms with Crippen molar-refractivity contribution in [3.8, 4) is 62.1 Å². The maximum atomic E-state index is 5.25. The highest BCUT2D eigenvalue weighted by Gasteiger charge is 2.20. The Labute approximate surface area is 423 Å². The molecule has 0 amide bonds. The smallest absolute Gasteiger partial charge is 0.160 e. The first kappa shape index (κ1) is 42.5. The van der Waals surface area contributed by atoms with Crippen LogP contribution in [0.25, 0.3) is 128 Å². The van der Waals surface area contributed by atoms with E-state index in [9.17, 15) is 0 Å². The van der Waals surface area contributed by atoms with Gasteiger partial charge in [-0.2, -0.15) is 0 Å². The van der Waals surface area contributed by atoms with Gasteiger partial charge >= 0.3 is 0 Å². The van der Waals surface area contributed by atoms with Crippen molar-refractivity contribution < 1.29 is 0 Å². The third-order valence-electron chi connectivity index (χ3n) is 15.0. The summed E-state index contributed by atoms with van der Waals surface area (Å²) in [7, 11) is 0. The second-order valence-electron chi connectivity index (χ2n) is 19.7. The van der Waals surface area contributed by atoms with Crippen LogP contribution in [0.1, 0.15) is 22.3 Å². The summed E-state index contributed by atoms with van der Waals surface area (Å²) in [5, 5.41) is 7.41. The number of aromatic nitrogens is 5. The van der Waals surface area contributed by atoms with Crippen LogP contribution < -0.4 is 0 Å². The summed E-state index contributed by atoms with van der Waals surface area (Å²) < 4.78 is 7.28. The van der Waals surface area contributed by atoms with Crippen molar-refractivity contribution in [3.63, 3.8) is 0 Å². The number of hydrogen-bond donors (Lipinski definition) is 0. The highest BCUT2D eigenvalue weighted by atomic mass is 15.0. The van der Waals surface area contributed by atoms with Gasteiger partial charge in [0.15, 0.2) is 5.82 Å². The van der Waals surface area contributed by atoms with Crippen molar-refractivity contribution in [1.82, 2.24) is 23.7 Å². The number of benzene rings is 10. The summed E-state index contributed by atoms with van der Waals surface area (Å²) >= 11 is 0. The van der Waals surface area contributed by atoms with Crippen LogP contribution in [-0.4, -0.2) is 23.7 Å². The third-order valence-corrected chi connectivity index (χ3v) is 15.0. The molecule has 14 rings (SSSR count). The molecule has 0 atom stereocenters. The lowest BCUT2D eigenvalue weighted by molar-refractivity contribution is 1.16. The van der Waals surface area contributed by atoms with Crippen LogP contribution in [0.5, 0.6) is 0 Å². The zero-order chi connectivity index (χ0) is 48.9. The lowest BCUT2D eigenvalue weighted by Gasteiger charge is -2.16. The van der Waals surface area contributed by atoms with Crippen LogP contribution in [0.15, 0.2) is 224 Å². The number of nitrogens with zero attached hydrogens (tertiary/aromatic N) is 5. The van der Waals surface area contributed by atoms with Gasteiger partial charge in [-0.1, -0.05) is 145 Å². The van der Waals surface area contributed by atoms with E-state index in [2.05, 4.69) is 266 Å². The summed E-state index contributed by atoms with van der Waals surface area (Å²) in [6.07, 6.45) is 0. The van der Waals surface area contributed by atoms with E-state index in [1.807, 2.05) is 0 Å². The SMILES string of the molecule is Cc1cccc(-c2cc(-c3c(C)cc(-c4ccc(-n5c6ccc(-n7c8ccccc8c8ccccc87)cc6c6cc(-n7c8ccccc8c8ccccc87)ccc65)cc4)cc3C)nc(-c3cccc(C)c3)n2)c1. The van der Waals surface area contributed by atoms with Crippen LogP contribution in [0.4, 0.5) is 0 Å². The zero-order valence-electron chi connectivity index (χ0n) is 41.1. The van der Waals surface area contributed by atoms with Crippen molar-refractivity contribution in [1.29, 1.82) is 0 Å². The molecular formula is C68H49N5. The predicted octanol–water partition coefficient (Wildman–Crippen LogP) is 17.7. The molecule has 0 spiro atoms. The van der Waals surface area contributed by atoms with Crippen LogP contribution in [-0.2, 0) is 0 Å². The molecule has 346 valence electrons. The van der Waals surface area contributed by atoms with E-state index >= 15 is 0 Å². The summed E-state index contributed by atoms with van der Waals surface area (Å²) in [6.45, 7) is 8.66. The monoisotopic (exact) mass is 935 g/mol. The molecule has 0 aliphatic carbocycles. The molecule has 5 heteroatoms. The van der Waals surface area contributed by atoms with Crippen molar-refractivity contribution in [2.45, 2.75) is 27.7 Å².